The third-order valence-electron chi connectivity index (χ3n) is 3.25. The number of carbonyl (C=O) groups is 1. The van der Waals surface area contributed by atoms with Crippen molar-refractivity contribution < 1.29 is 13.7 Å². The Labute approximate surface area is 126 Å². The Morgan fingerprint density at radius 1 is 1.23 bits per heavy atom. The first-order valence-corrected chi connectivity index (χ1v) is 6.86. The maximum atomic E-state index is 12.4. The summed E-state index contributed by atoms with van der Waals surface area (Å²) in [4.78, 5) is 20.8. The van der Waals surface area contributed by atoms with Crippen LogP contribution in [0.1, 0.15) is 41.8 Å². The second-order valence-corrected chi connectivity index (χ2v) is 5.66. The van der Waals surface area contributed by atoms with E-state index in [4.69, 9.17) is 8.94 Å². The van der Waals surface area contributed by atoms with Crippen molar-refractivity contribution >= 4 is 17.0 Å². The number of aromatic nitrogens is 3. The second-order valence-electron chi connectivity index (χ2n) is 5.66. The summed E-state index contributed by atoms with van der Waals surface area (Å²) >= 11 is 0. The van der Waals surface area contributed by atoms with E-state index in [2.05, 4.69) is 20.4 Å². The van der Waals surface area contributed by atoms with Crippen molar-refractivity contribution in [1.29, 1.82) is 0 Å². The molecule has 1 amide bonds. The molecule has 0 aliphatic carbocycles. The molecule has 3 aromatic rings. The molecule has 0 fully saturated rings. The lowest BCUT2D eigenvalue weighted by molar-refractivity contribution is 0.0881. The number of nitrogens with one attached hydrogen (secondary N) is 1. The smallest absolute Gasteiger partial charge is 0.287 e. The summed E-state index contributed by atoms with van der Waals surface area (Å²) in [6, 6.07) is 5.25. The fourth-order valence-electron chi connectivity index (χ4n) is 2.09. The van der Waals surface area contributed by atoms with Gasteiger partial charge >= 0.3 is 0 Å². The number of carbonyl (C=O) groups excluding carboxylic acids is 1. The number of furan rings is 1. The zero-order valence-corrected chi connectivity index (χ0v) is 12.8. The molecule has 0 radical (unpaired) electrons. The van der Waals surface area contributed by atoms with Gasteiger partial charge in [-0.2, -0.15) is 4.98 Å². The first-order valence-electron chi connectivity index (χ1n) is 6.86. The van der Waals surface area contributed by atoms with Crippen LogP contribution in [0.2, 0.25) is 0 Å². The van der Waals surface area contributed by atoms with Gasteiger partial charge in [0.2, 0.25) is 5.89 Å². The fraction of sp³-hybridized carbons (Fsp3) is 0.333. The monoisotopic (exact) mass is 300 g/mol. The van der Waals surface area contributed by atoms with Crippen LogP contribution < -0.4 is 5.32 Å². The average Bonchev–Trinajstić information content (AvgIpc) is 3.04. The lowest BCUT2D eigenvalue weighted by atomic mass is 10.0. The molecule has 22 heavy (non-hydrogen) atoms. The van der Waals surface area contributed by atoms with Gasteiger partial charge in [0.1, 0.15) is 5.52 Å². The van der Waals surface area contributed by atoms with E-state index >= 15 is 0 Å². The van der Waals surface area contributed by atoms with Crippen LogP contribution in [-0.4, -0.2) is 21.0 Å². The molecular weight excluding hydrogens is 284 g/mol. The molecule has 7 nitrogen and oxygen atoms in total. The molecule has 3 heterocycles. The lowest BCUT2D eigenvalue weighted by Crippen LogP contribution is -2.41. The Bertz CT molecular complexity index is 847. The Morgan fingerprint density at radius 2 is 2.00 bits per heavy atom. The van der Waals surface area contributed by atoms with Gasteiger partial charge in [0.15, 0.2) is 17.2 Å². The van der Waals surface area contributed by atoms with E-state index in [1.165, 1.54) is 0 Å². The Hall–Kier alpha value is -2.70. The van der Waals surface area contributed by atoms with Gasteiger partial charge in [0.25, 0.3) is 5.91 Å². The van der Waals surface area contributed by atoms with Gasteiger partial charge in [0.05, 0.1) is 5.54 Å². The zero-order valence-electron chi connectivity index (χ0n) is 12.8. The minimum Gasteiger partial charge on any atom is -0.449 e. The molecule has 0 aromatic carbocycles. The number of aryl methyl sites for hydroxylation is 2. The van der Waals surface area contributed by atoms with Crippen LogP contribution in [0.4, 0.5) is 0 Å². The van der Waals surface area contributed by atoms with Crippen molar-refractivity contribution in [2.24, 2.45) is 0 Å². The molecule has 0 saturated heterocycles. The predicted octanol–water partition coefficient (Wildman–Crippen LogP) is 2.49. The largest absolute Gasteiger partial charge is 0.449 e. The van der Waals surface area contributed by atoms with Crippen molar-refractivity contribution in [2.75, 3.05) is 0 Å². The minimum atomic E-state index is -0.781. The first-order chi connectivity index (χ1) is 10.3. The van der Waals surface area contributed by atoms with Gasteiger partial charge in [-0.05, 0) is 32.9 Å². The molecule has 0 saturated carbocycles. The highest BCUT2D eigenvalue weighted by atomic mass is 16.5. The summed E-state index contributed by atoms with van der Waals surface area (Å²) in [5, 5.41) is 6.68. The molecule has 3 rings (SSSR count). The van der Waals surface area contributed by atoms with E-state index in [0.717, 1.165) is 5.69 Å². The summed E-state index contributed by atoms with van der Waals surface area (Å²) in [5.74, 6) is 0.689. The third-order valence-corrected chi connectivity index (χ3v) is 3.25. The Morgan fingerprint density at radius 3 is 2.68 bits per heavy atom. The fourth-order valence-corrected chi connectivity index (χ4v) is 2.09. The van der Waals surface area contributed by atoms with Crippen molar-refractivity contribution in [2.45, 2.75) is 33.2 Å². The summed E-state index contributed by atoms with van der Waals surface area (Å²) < 4.78 is 10.5. The third kappa shape index (κ3) is 2.57. The van der Waals surface area contributed by atoms with Gasteiger partial charge in [-0.3, -0.25) is 4.79 Å². The van der Waals surface area contributed by atoms with Crippen LogP contribution in [-0.2, 0) is 5.54 Å². The molecule has 0 aliphatic rings. The molecular formula is C15H16N4O3. The van der Waals surface area contributed by atoms with Crippen LogP contribution in [0.15, 0.2) is 27.1 Å². The molecule has 3 aromatic heterocycles. The highest BCUT2D eigenvalue weighted by Crippen LogP contribution is 2.21. The number of amides is 1. The highest BCUT2D eigenvalue weighted by Gasteiger charge is 2.29. The molecule has 1 N–H and O–H groups in total. The van der Waals surface area contributed by atoms with Crippen molar-refractivity contribution in [3.63, 3.8) is 0 Å². The van der Waals surface area contributed by atoms with Gasteiger partial charge in [-0.25, -0.2) is 4.98 Å². The van der Waals surface area contributed by atoms with Crippen LogP contribution in [0, 0.1) is 13.8 Å². The van der Waals surface area contributed by atoms with Crippen molar-refractivity contribution in [1.82, 2.24) is 20.4 Å². The predicted molar refractivity (Wildman–Crippen MR) is 78.3 cm³/mol. The standard InChI is InChI=1S/C15H16N4O3/c1-8-5-6-11-10(16-8)7-12(21-11)13(20)18-15(3,4)14-17-9(2)22-19-14/h5-7H,1-4H3,(H,18,20). The maximum Gasteiger partial charge on any atom is 0.287 e. The number of rotatable bonds is 3. The molecule has 114 valence electrons. The first kappa shape index (κ1) is 14.2. The van der Waals surface area contributed by atoms with Crippen LogP contribution in [0.5, 0.6) is 0 Å². The molecule has 0 aliphatic heterocycles. The van der Waals surface area contributed by atoms with Crippen LogP contribution in [0.3, 0.4) is 0 Å². The van der Waals surface area contributed by atoms with E-state index in [1.54, 1.807) is 32.9 Å². The summed E-state index contributed by atoms with van der Waals surface area (Å²) in [7, 11) is 0. The Balaban J connectivity index is 1.86. The number of fused-ring (bicyclic) bond motifs is 1. The van der Waals surface area contributed by atoms with Gasteiger partial charge in [-0.1, -0.05) is 5.16 Å². The topological polar surface area (TPSA) is 94.1 Å². The SMILES string of the molecule is Cc1ccc2oc(C(=O)NC(C)(C)c3noc(C)n3)cc2n1. The quantitative estimate of drug-likeness (QED) is 0.798. The highest BCUT2D eigenvalue weighted by molar-refractivity contribution is 5.95. The van der Waals surface area contributed by atoms with E-state index in [-0.39, 0.29) is 11.7 Å². The summed E-state index contributed by atoms with van der Waals surface area (Å²) in [5.41, 5.74) is 1.31. The summed E-state index contributed by atoms with van der Waals surface area (Å²) in [6.45, 7) is 7.16. The van der Waals surface area contributed by atoms with Gasteiger partial charge < -0.3 is 14.3 Å². The van der Waals surface area contributed by atoms with E-state index in [0.29, 0.717) is 22.8 Å². The lowest BCUT2D eigenvalue weighted by Gasteiger charge is -2.21. The van der Waals surface area contributed by atoms with Gasteiger partial charge in [-0.15, -0.1) is 0 Å². The average molecular weight is 300 g/mol. The van der Waals surface area contributed by atoms with Crippen molar-refractivity contribution in [3.8, 4) is 0 Å². The molecule has 7 heteroatoms. The van der Waals surface area contributed by atoms with E-state index < -0.39 is 5.54 Å². The van der Waals surface area contributed by atoms with E-state index in [9.17, 15) is 4.79 Å². The second kappa shape index (κ2) is 4.94. The maximum absolute atomic E-state index is 12.4. The minimum absolute atomic E-state index is 0.196. The summed E-state index contributed by atoms with van der Waals surface area (Å²) in [6.07, 6.45) is 0. The normalized spacial score (nSPS) is 11.8. The molecule has 0 bridgehead atoms. The number of hydrogen-bond acceptors (Lipinski definition) is 6. The number of pyridine rings is 1. The van der Waals surface area contributed by atoms with Crippen molar-refractivity contribution in [3.05, 3.63) is 41.4 Å². The molecule has 0 spiro atoms. The van der Waals surface area contributed by atoms with Crippen LogP contribution >= 0.6 is 0 Å². The number of hydrogen-bond donors (Lipinski definition) is 1. The molecule has 0 atom stereocenters. The van der Waals surface area contributed by atoms with E-state index in [1.807, 2.05) is 13.0 Å². The van der Waals surface area contributed by atoms with Gasteiger partial charge in [0, 0.05) is 18.7 Å². The van der Waals surface area contributed by atoms with Crippen LogP contribution in [0.25, 0.3) is 11.1 Å². The number of nitrogens with zero attached hydrogens (tertiary/aromatic N) is 3. The zero-order chi connectivity index (χ0) is 15.9. The Kier molecular flexibility index (Phi) is 3.20. The molecule has 0 unspecified atom stereocenters.